The smallest absolute Gasteiger partial charge is 0.252 e. The summed E-state index contributed by atoms with van der Waals surface area (Å²) >= 11 is 0. The number of fused-ring (bicyclic) bond motifs is 2. The molecular formula is C33H37N7O. The van der Waals surface area contributed by atoms with Crippen molar-refractivity contribution in [2.45, 2.75) is 57.9 Å². The number of aryl methyl sites for hydroxylation is 2. The Kier molecular flexibility index (Phi) is 6.79. The van der Waals surface area contributed by atoms with Gasteiger partial charge >= 0.3 is 0 Å². The molecule has 2 aliphatic carbocycles. The van der Waals surface area contributed by atoms with Crippen molar-refractivity contribution < 1.29 is 0 Å². The number of aromatic nitrogens is 4. The lowest BCUT2D eigenvalue weighted by atomic mass is 9.92. The van der Waals surface area contributed by atoms with E-state index >= 15 is 0 Å². The first-order valence-electron chi connectivity index (χ1n) is 15.0. The molecule has 1 unspecified atom stereocenters. The van der Waals surface area contributed by atoms with Crippen LogP contribution in [-0.4, -0.2) is 45.7 Å². The number of hydrogen-bond acceptors (Lipinski definition) is 7. The second kappa shape index (κ2) is 10.7. The van der Waals surface area contributed by atoms with Crippen LogP contribution in [0.2, 0.25) is 0 Å². The molecule has 0 radical (unpaired) electrons. The number of hydrogen-bond donors (Lipinski definition) is 2. The molecule has 1 aromatic carbocycles. The number of benzene rings is 1. The molecule has 0 amide bonds. The van der Waals surface area contributed by atoms with Crippen molar-refractivity contribution in [3.05, 3.63) is 87.0 Å². The van der Waals surface area contributed by atoms with Gasteiger partial charge in [-0.3, -0.25) is 9.36 Å². The highest BCUT2D eigenvalue weighted by Crippen LogP contribution is 2.40. The van der Waals surface area contributed by atoms with E-state index in [1.54, 1.807) is 6.07 Å². The molecule has 0 bridgehead atoms. The van der Waals surface area contributed by atoms with Crippen molar-refractivity contribution in [3.8, 4) is 0 Å². The molecule has 2 N–H and O–H groups in total. The Morgan fingerprint density at radius 1 is 1.05 bits per heavy atom. The average molecular weight is 548 g/mol. The first-order valence-corrected chi connectivity index (χ1v) is 15.0. The van der Waals surface area contributed by atoms with Crippen molar-refractivity contribution in [2.75, 3.05) is 36.4 Å². The topological polar surface area (TPSA) is 88.0 Å². The van der Waals surface area contributed by atoms with Crippen LogP contribution in [0, 0.1) is 6.92 Å². The highest BCUT2D eigenvalue weighted by Gasteiger charge is 2.28. The maximum atomic E-state index is 13.5. The number of rotatable bonds is 6. The molecule has 7 rings (SSSR count). The van der Waals surface area contributed by atoms with Gasteiger partial charge in [0.2, 0.25) is 5.95 Å². The summed E-state index contributed by atoms with van der Waals surface area (Å²) in [6, 6.07) is 12.7. The minimum Gasteiger partial charge on any atom is -0.368 e. The van der Waals surface area contributed by atoms with Gasteiger partial charge in [0.15, 0.2) is 0 Å². The minimum absolute atomic E-state index is 0.0150. The minimum atomic E-state index is -0.0150. The Labute approximate surface area is 240 Å². The van der Waals surface area contributed by atoms with Gasteiger partial charge in [-0.05, 0) is 60.6 Å². The van der Waals surface area contributed by atoms with Crippen LogP contribution in [0.1, 0.15) is 72.5 Å². The fraction of sp³-hybridized carbons (Fsp3) is 0.394. The van der Waals surface area contributed by atoms with Crippen LogP contribution < -0.4 is 21.1 Å². The molecular weight excluding hydrogens is 510 g/mol. The summed E-state index contributed by atoms with van der Waals surface area (Å²) in [5.41, 5.74) is 7.50. The van der Waals surface area contributed by atoms with E-state index in [4.69, 9.17) is 15.0 Å². The van der Waals surface area contributed by atoms with E-state index < -0.39 is 0 Å². The summed E-state index contributed by atoms with van der Waals surface area (Å²) in [7, 11) is 0. The fourth-order valence-electron chi connectivity index (χ4n) is 6.74. The Balaban J connectivity index is 1.35. The molecule has 210 valence electrons. The summed E-state index contributed by atoms with van der Waals surface area (Å²) in [6.45, 7) is 8.11. The van der Waals surface area contributed by atoms with Crippen LogP contribution in [-0.2, 0) is 6.42 Å². The number of allylic oxidation sites excluding steroid dienone is 1. The fourth-order valence-corrected chi connectivity index (χ4v) is 6.74. The molecule has 1 atom stereocenters. The number of anilines is 3. The SMILES string of the molecule is CCc1ccc2c(c1)C(c1nc(Nc3ccc(N4CCNCC4)cn3)nc3c1c(C)cc(=O)n3C1CCCC1)C=C2. The van der Waals surface area contributed by atoms with Gasteiger partial charge in [0.1, 0.15) is 11.5 Å². The van der Waals surface area contributed by atoms with Crippen molar-refractivity contribution in [1.29, 1.82) is 0 Å². The van der Waals surface area contributed by atoms with E-state index in [0.29, 0.717) is 11.8 Å². The highest BCUT2D eigenvalue weighted by molar-refractivity contribution is 5.85. The lowest BCUT2D eigenvalue weighted by Gasteiger charge is -2.29. The highest BCUT2D eigenvalue weighted by atomic mass is 16.1. The number of pyridine rings is 2. The van der Waals surface area contributed by atoms with Crippen LogP contribution in [0.15, 0.2) is 53.5 Å². The van der Waals surface area contributed by atoms with Crippen LogP contribution in [0.3, 0.4) is 0 Å². The molecule has 8 heteroatoms. The lowest BCUT2D eigenvalue weighted by Crippen LogP contribution is -2.43. The third-order valence-electron chi connectivity index (χ3n) is 8.93. The molecule has 8 nitrogen and oxygen atoms in total. The first-order chi connectivity index (χ1) is 20.1. The Bertz CT molecular complexity index is 1680. The number of nitrogens with zero attached hydrogens (tertiary/aromatic N) is 5. The maximum absolute atomic E-state index is 13.5. The van der Waals surface area contributed by atoms with E-state index in [1.165, 1.54) is 16.7 Å². The van der Waals surface area contributed by atoms with E-state index in [0.717, 1.165) is 86.3 Å². The Morgan fingerprint density at radius 3 is 2.63 bits per heavy atom. The molecule has 3 aliphatic rings. The Hall–Kier alpha value is -4.04. The van der Waals surface area contributed by atoms with Gasteiger partial charge in [-0.2, -0.15) is 4.98 Å². The third-order valence-corrected chi connectivity index (χ3v) is 8.93. The van der Waals surface area contributed by atoms with Gasteiger partial charge in [-0.15, -0.1) is 0 Å². The zero-order valence-electron chi connectivity index (χ0n) is 23.9. The second-order valence-corrected chi connectivity index (χ2v) is 11.5. The van der Waals surface area contributed by atoms with Gasteiger partial charge in [-0.1, -0.05) is 50.1 Å². The zero-order valence-corrected chi connectivity index (χ0v) is 23.9. The summed E-state index contributed by atoms with van der Waals surface area (Å²) in [5.74, 6) is 1.14. The number of piperazine rings is 1. The summed E-state index contributed by atoms with van der Waals surface area (Å²) in [4.78, 5) is 30.7. The monoisotopic (exact) mass is 547 g/mol. The van der Waals surface area contributed by atoms with E-state index in [-0.39, 0.29) is 17.5 Å². The van der Waals surface area contributed by atoms with Crippen LogP contribution >= 0.6 is 0 Å². The molecule has 1 aliphatic heterocycles. The van der Waals surface area contributed by atoms with Gasteiger partial charge < -0.3 is 15.5 Å². The van der Waals surface area contributed by atoms with E-state index in [2.05, 4.69) is 58.9 Å². The molecule has 3 aromatic heterocycles. The molecule has 1 saturated heterocycles. The van der Waals surface area contributed by atoms with Crippen molar-refractivity contribution in [3.63, 3.8) is 0 Å². The summed E-state index contributed by atoms with van der Waals surface area (Å²) in [6.07, 6.45) is 11.6. The van der Waals surface area contributed by atoms with Crippen molar-refractivity contribution >= 4 is 34.6 Å². The predicted octanol–water partition coefficient (Wildman–Crippen LogP) is 5.48. The average Bonchev–Trinajstić information content (AvgIpc) is 3.68. The van der Waals surface area contributed by atoms with E-state index in [9.17, 15) is 4.79 Å². The van der Waals surface area contributed by atoms with E-state index in [1.807, 2.05) is 23.8 Å². The summed E-state index contributed by atoms with van der Waals surface area (Å²) in [5, 5.41) is 7.77. The Morgan fingerprint density at radius 2 is 1.88 bits per heavy atom. The third kappa shape index (κ3) is 4.80. The van der Waals surface area contributed by atoms with Crippen molar-refractivity contribution in [2.24, 2.45) is 0 Å². The standard InChI is InChI=1S/C33H37N7O/c1-3-22-8-9-23-10-12-26(27(23)19-22)31-30-21(2)18-29(41)40(24-6-4-5-7-24)32(30)38-33(37-31)36-28-13-11-25(20-35-28)39-16-14-34-15-17-39/h8-13,18-20,24,26,34H,3-7,14-17H2,1-2H3,(H,35,36,37,38). The normalized spacial score (nSPS) is 18.8. The molecule has 4 aromatic rings. The van der Waals surface area contributed by atoms with Crippen LogP contribution in [0.25, 0.3) is 17.1 Å². The van der Waals surface area contributed by atoms with Crippen molar-refractivity contribution in [1.82, 2.24) is 24.8 Å². The first kappa shape index (κ1) is 25.9. The molecule has 1 saturated carbocycles. The molecule has 4 heterocycles. The zero-order chi connectivity index (χ0) is 27.9. The van der Waals surface area contributed by atoms with Gasteiger partial charge in [0.25, 0.3) is 5.56 Å². The van der Waals surface area contributed by atoms with Gasteiger partial charge in [0.05, 0.1) is 17.6 Å². The quantitative estimate of drug-likeness (QED) is 0.330. The predicted molar refractivity (Wildman–Crippen MR) is 165 cm³/mol. The molecule has 0 spiro atoms. The van der Waals surface area contributed by atoms with Crippen LogP contribution in [0.4, 0.5) is 17.5 Å². The second-order valence-electron chi connectivity index (χ2n) is 11.5. The summed E-state index contributed by atoms with van der Waals surface area (Å²) < 4.78 is 1.94. The van der Waals surface area contributed by atoms with Gasteiger partial charge in [0, 0.05) is 49.6 Å². The maximum Gasteiger partial charge on any atom is 0.252 e. The largest absolute Gasteiger partial charge is 0.368 e. The van der Waals surface area contributed by atoms with Crippen LogP contribution in [0.5, 0.6) is 0 Å². The van der Waals surface area contributed by atoms with Gasteiger partial charge in [-0.25, -0.2) is 9.97 Å². The molecule has 2 fully saturated rings. The lowest BCUT2D eigenvalue weighted by molar-refractivity contribution is 0.515. The number of nitrogens with one attached hydrogen (secondary N) is 2. The molecule has 41 heavy (non-hydrogen) atoms.